The number of hydrogen-bond acceptors (Lipinski definition) is 0. The highest BCUT2D eigenvalue weighted by Crippen LogP contribution is 2.51. The summed E-state index contributed by atoms with van der Waals surface area (Å²) in [6.45, 7) is 6.75. The Labute approximate surface area is 317 Å². The van der Waals surface area contributed by atoms with Gasteiger partial charge in [0.05, 0.1) is 0 Å². The maximum atomic E-state index is 2.41. The van der Waals surface area contributed by atoms with E-state index in [2.05, 4.69) is 203 Å². The minimum atomic E-state index is 0.257. The lowest BCUT2D eigenvalue weighted by molar-refractivity contribution is 0.993. The summed E-state index contributed by atoms with van der Waals surface area (Å²) in [7, 11) is 0. The Balaban J connectivity index is 0.000000160. The van der Waals surface area contributed by atoms with E-state index in [4.69, 9.17) is 0 Å². The molecule has 9 aromatic rings. The van der Waals surface area contributed by atoms with Crippen LogP contribution in [0.3, 0.4) is 0 Å². The second kappa shape index (κ2) is 12.9. The summed E-state index contributed by atoms with van der Waals surface area (Å²) in [6, 6.07) is 57.6. The highest BCUT2D eigenvalue weighted by Gasteiger charge is 2.30. The quantitative estimate of drug-likeness (QED) is 0.159. The molecule has 0 aliphatic heterocycles. The average molecular weight is 689 g/mol. The Morgan fingerprint density at radius 2 is 1.07 bits per heavy atom. The molecule has 0 amide bonds. The zero-order valence-corrected chi connectivity index (χ0v) is 30.9. The van der Waals surface area contributed by atoms with Crippen LogP contribution in [0.2, 0.25) is 0 Å². The third kappa shape index (κ3) is 5.13. The van der Waals surface area contributed by atoms with E-state index in [-0.39, 0.29) is 5.92 Å². The van der Waals surface area contributed by atoms with Gasteiger partial charge in [-0.05, 0) is 137 Å². The molecule has 0 spiro atoms. The van der Waals surface area contributed by atoms with Gasteiger partial charge in [-0.3, -0.25) is 0 Å². The Hall–Kier alpha value is -6.50. The first-order valence-electron chi connectivity index (χ1n) is 19.1. The third-order valence-electron chi connectivity index (χ3n) is 11.8. The van der Waals surface area contributed by atoms with Gasteiger partial charge in [0.15, 0.2) is 0 Å². The zero-order valence-electron chi connectivity index (χ0n) is 30.9. The monoisotopic (exact) mass is 688 g/mol. The molecule has 0 radical (unpaired) electrons. The van der Waals surface area contributed by atoms with Gasteiger partial charge in [0.25, 0.3) is 0 Å². The molecule has 9 aromatic carbocycles. The van der Waals surface area contributed by atoms with Crippen LogP contribution < -0.4 is 0 Å². The molecule has 0 aromatic heterocycles. The van der Waals surface area contributed by atoms with Crippen LogP contribution in [0.15, 0.2) is 182 Å². The molecule has 54 heavy (non-hydrogen) atoms. The zero-order chi connectivity index (χ0) is 36.3. The lowest BCUT2D eigenvalue weighted by Gasteiger charge is -2.31. The van der Waals surface area contributed by atoms with Crippen molar-refractivity contribution in [2.24, 2.45) is 0 Å². The highest BCUT2D eigenvalue weighted by molar-refractivity contribution is 6.18. The molecule has 0 heteroatoms. The average Bonchev–Trinajstić information content (AvgIpc) is 3.45. The van der Waals surface area contributed by atoms with Crippen molar-refractivity contribution < 1.29 is 0 Å². The second-order valence-electron chi connectivity index (χ2n) is 14.9. The van der Waals surface area contributed by atoms with E-state index in [0.29, 0.717) is 0 Å². The number of aryl methyl sites for hydroxylation is 2. The fourth-order valence-electron chi connectivity index (χ4n) is 9.22. The van der Waals surface area contributed by atoms with Crippen LogP contribution >= 0.6 is 0 Å². The van der Waals surface area contributed by atoms with Crippen molar-refractivity contribution in [3.8, 4) is 11.1 Å². The summed E-state index contributed by atoms with van der Waals surface area (Å²) < 4.78 is 0. The molecule has 11 rings (SSSR count). The minimum absolute atomic E-state index is 0.257. The largest absolute Gasteiger partial charge is 0.0729 e. The minimum Gasteiger partial charge on any atom is -0.0729 e. The smallest absolute Gasteiger partial charge is 0.0250 e. The molecule has 256 valence electrons. The summed E-state index contributed by atoms with van der Waals surface area (Å²) in [5.74, 6) is 0.257. The Morgan fingerprint density at radius 1 is 0.407 bits per heavy atom. The first-order chi connectivity index (χ1) is 26.5. The van der Waals surface area contributed by atoms with Gasteiger partial charge in [0.2, 0.25) is 0 Å². The topological polar surface area (TPSA) is 0 Å². The molecule has 0 saturated heterocycles. The molecule has 0 bridgehead atoms. The van der Waals surface area contributed by atoms with Crippen LogP contribution in [-0.2, 0) is 0 Å². The molecule has 0 nitrogen and oxygen atoms in total. The van der Waals surface area contributed by atoms with E-state index in [0.717, 1.165) is 0 Å². The van der Waals surface area contributed by atoms with Crippen molar-refractivity contribution in [3.05, 3.63) is 215 Å². The maximum absolute atomic E-state index is 2.41. The van der Waals surface area contributed by atoms with Crippen molar-refractivity contribution in [2.75, 3.05) is 0 Å². The molecule has 1 atom stereocenters. The number of rotatable bonds is 2. The van der Waals surface area contributed by atoms with E-state index in [1.54, 1.807) is 0 Å². The number of benzene rings is 9. The van der Waals surface area contributed by atoms with E-state index < -0.39 is 0 Å². The fourth-order valence-corrected chi connectivity index (χ4v) is 9.22. The van der Waals surface area contributed by atoms with Crippen LogP contribution in [0.25, 0.3) is 76.6 Å². The van der Waals surface area contributed by atoms with Crippen molar-refractivity contribution in [1.29, 1.82) is 0 Å². The van der Waals surface area contributed by atoms with Crippen molar-refractivity contribution in [3.63, 3.8) is 0 Å². The molecular weight excluding hydrogens is 649 g/mol. The highest BCUT2D eigenvalue weighted by atomic mass is 14.3. The van der Waals surface area contributed by atoms with Crippen molar-refractivity contribution >= 4 is 65.5 Å². The van der Waals surface area contributed by atoms with E-state index in [9.17, 15) is 0 Å². The molecule has 0 fully saturated rings. The molecule has 0 saturated carbocycles. The molecule has 2 aliphatic carbocycles. The summed E-state index contributed by atoms with van der Waals surface area (Å²) in [4.78, 5) is 0. The van der Waals surface area contributed by atoms with Crippen LogP contribution in [-0.4, -0.2) is 0 Å². The SMILES string of the molecule is CC1=C(c2ccccc2C)c2cccc3cc(-c4ccc5ccccc5c4)c4c(c23)C1C=CC=C4.Cc1cc2c3ccccc3ccc2c2ccccc12. The van der Waals surface area contributed by atoms with Gasteiger partial charge in [-0.1, -0.05) is 175 Å². The Kier molecular flexibility index (Phi) is 7.67. The fraction of sp³-hybridized carbons (Fsp3) is 0.0741. The number of fused-ring (bicyclic) bond motifs is 6. The second-order valence-corrected chi connectivity index (χ2v) is 14.9. The summed E-state index contributed by atoms with van der Waals surface area (Å²) in [5, 5.41) is 13.3. The van der Waals surface area contributed by atoms with Gasteiger partial charge >= 0.3 is 0 Å². The number of allylic oxidation sites excluding steroid dienone is 4. The summed E-state index contributed by atoms with van der Waals surface area (Å²) in [5.41, 5.74) is 13.6. The normalized spacial score (nSPS) is 14.5. The number of hydrogen-bond donors (Lipinski definition) is 0. The molecule has 0 heterocycles. The van der Waals surface area contributed by atoms with Gasteiger partial charge in [-0.2, -0.15) is 0 Å². The molecule has 0 N–H and O–H groups in total. The summed E-state index contributed by atoms with van der Waals surface area (Å²) in [6.07, 6.45) is 9.14. The van der Waals surface area contributed by atoms with Gasteiger partial charge < -0.3 is 0 Å². The molecular formula is C54H40. The van der Waals surface area contributed by atoms with Gasteiger partial charge in [-0.25, -0.2) is 0 Å². The first kappa shape index (κ1) is 32.2. The van der Waals surface area contributed by atoms with E-state index in [1.165, 1.54) is 110 Å². The molecule has 1 unspecified atom stereocenters. The summed E-state index contributed by atoms with van der Waals surface area (Å²) >= 11 is 0. The van der Waals surface area contributed by atoms with E-state index in [1.807, 2.05) is 0 Å². The van der Waals surface area contributed by atoms with Gasteiger partial charge in [-0.15, -0.1) is 0 Å². The first-order valence-corrected chi connectivity index (χ1v) is 19.1. The Morgan fingerprint density at radius 3 is 1.93 bits per heavy atom. The molecule has 2 aliphatic rings. The van der Waals surface area contributed by atoms with Crippen molar-refractivity contribution in [2.45, 2.75) is 26.7 Å². The van der Waals surface area contributed by atoms with Crippen LogP contribution in [0.4, 0.5) is 0 Å². The predicted molar refractivity (Wildman–Crippen MR) is 234 cm³/mol. The lowest BCUT2D eigenvalue weighted by Crippen LogP contribution is -2.11. The van der Waals surface area contributed by atoms with Crippen LogP contribution in [0, 0.1) is 13.8 Å². The lowest BCUT2D eigenvalue weighted by atomic mass is 9.72. The van der Waals surface area contributed by atoms with Crippen LogP contribution in [0.1, 0.15) is 46.2 Å². The van der Waals surface area contributed by atoms with Crippen molar-refractivity contribution in [1.82, 2.24) is 0 Å². The Bertz CT molecular complexity index is 3070. The van der Waals surface area contributed by atoms with Gasteiger partial charge in [0.1, 0.15) is 0 Å². The predicted octanol–water partition coefficient (Wildman–Crippen LogP) is 14.9. The maximum Gasteiger partial charge on any atom is 0.0250 e. The third-order valence-corrected chi connectivity index (χ3v) is 11.8. The van der Waals surface area contributed by atoms with E-state index >= 15 is 0 Å². The van der Waals surface area contributed by atoms with Crippen LogP contribution in [0.5, 0.6) is 0 Å². The standard InChI is InChI=1S/C35H26.C19H14/c1-22-10-3-6-14-28(22)33-23(2)29-15-7-8-16-30-32(21-27-13-9-17-31(33)34(27)35(29)30)26-19-18-24-11-4-5-12-25(24)20-26;1-13-12-19-16-8-3-2-6-14(16)10-11-18(19)17-9-5-4-7-15(13)17/h3-21,29H,1-2H3;2-12H,1H3. The van der Waals surface area contributed by atoms with Gasteiger partial charge in [0, 0.05) is 5.92 Å².